The van der Waals surface area contributed by atoms with Gasteiger partial charge in [-0.2, -0.15) is 5.10 Å². The molecule has 90 valence electrons. The van der Waals surface area contributed by atoms with E-state index in [1.165, 1.54) is 0 Å². The zero-order chi connectivity index (χ0) is 12.7. The van der Waals surface area contributed by atoms with Crippen LogP contribution in [-0.2, 0) is 7.05 Å². The number of imidazole rings is 1. The van der Waals surface area contributed by atoms with Gasteiger partial charge in [-0.05, 0) is 25.1 Å². The Labute approximate surface area is 103 Å². The molecule has 2 aromatic heterocycles. The third-order valence-electron chi connectivity index (χ3n) is 2.96. The molecule has 1 N–H and O–H groups in total. The minimum atomic E-state index is -0.223. The molecule has 3 aromatic rings. The summed E-state index contributed by atoms with van der Waals surface area (Å²) >= 11 is 0. The molecule has 18 heavy (non-hydrogen) atoms. The van der Waals surface area contributed by atoms with E-state index in [0.29, 0.717) is 11.4 Å². The van der Waals surface area contributed by atoms with Gasteiger partial charge >= 0.3 is 0 Å². The molecule has 5 nitrogen and oxygen atoms in total. The zero-order valence-corrected chi connectivity index (χ0v) is 10.1. The van der Waals surface area contributed by atoms with Gasteiger partial charge in [0.1, 0.15) is 5.82 Å². The van der Waals surface area contributed by atoms with Crippen LogP contribution in [0.2, 0.25) is 0 Å². The number of rotatable bonds is 1. The first-order valence-corrected chi connectivity index (χ1v) is 5.65. The molecule has 3 rings (SSSR count). The van der Waals surface area contributed by atoms with Crippen LogP contribution in [0, 0.1) is 6.92 Å². The number of benzene rings is 1. The third-order valence-corrected chi connectivity index (χ3v) is 2.96. The molecule has 1 aromatic carbocycles. The van der Waals surface area contributed by atoms with Crippen LogP contribution < -0.4 is 5.56 Å². The van der Waals surface area contributed by atoms with E-state index >= 15 is 0 Å². The number of H-pyrrole nitrogens is 1. The Bertz CT molecular complexity index is 785. The molecule has 5 heteroatoms. The summed E-state index contributed by atoms with van der Waals surface area (Å²) in [7, 11) is 1.90. The quantitative estimate of drug-likeness (QED) is 0.703. The lowest BCUT2D eigenvalue weighted by Crippen LogP contribution is -2.13. The molecule has 0 spiro atoms. The minimum Gasteiger partial charge on any atom is -0.327 e. The zero-order valence-electron chi connectivity index (χ0n) is 10.1. The maximum atomic E-state index is 11.8. The molecule has 0 aliphatic rings. The first-order valence-electron chi connectivity index (χ1n) is 5.65. The van der Waals surface area contributed by atoms with Gasteiger partial charge < -0.3 is 4.57 Å². The second-order valence-corrected chi connectivity index (χ2v) is 4.24. The van der Waals surface area contributed by atoms with E-state index in [1.54, 1.807) is 6.07 Å². The normalized spacial score (nSPS) is 11.0. The highest BCUT2D eigenvalue weighted by Crippen LogP contribution is 2.20. The van der Waals surface area contributed by atoms with E-state index in [2.05, 4.69) is 15.2 Å². The van der Waals surface area contributed by atoms with Crippen LogP contribution in [0.3, 0.4) is 0 Å². The Morgan fingerprint density at radius 1 is 1.28 bits per heavy atom. The molecule has 0 fully saturated rings. The first-order chi connectivity index (χ1) is 8.66. The van der Waals surface area contributed by atoms with E-state index in [0.717, 1.165) is 16.7 Å². The molecule has 0 saturated heterocycles. The van der Waals surface area contributed by atoms with Crippen molar-refractivity contribution in [2.45, 2.75) is 6.92 Å². The van der Waals surface area contributed by atoms with Gasteiger partial charge in [0.2, 0.25) is 0 Å². The molecule has 2 heterocycles. The number of aromatic amines is 1. The van der Waals surface area contributed by atoms with Crippen molar-refractivity contribution in [2.75, 3.05) is 0 Å². The van der Waals surface area contributed by atoms with Crippen molar-refractivity contribution in [3.8, 4) is 11.4 Å². The summed E-state index contributed by atoms with van der Waals surface area (Å²) < 4.78 is 1.92. The highest BCUT2D eigenvalue weighted by molar-refractivity contribution is 5.80. The molecular weight excluding hydrogens is 228 g/mol. The van der Waals surface area contributed by atoms with Crippen LogP contribution in [-0.4, -0.2) is 19.7 Å². The predicted molar refractivity (Wildman–Crippen MR) is 69.3 cm³/mol. The number of hydrogen-bond acceptors (Lipinski definition) is 3. The topological polar surface area (TPSA) is 63.6 Å². The van der Waals surface area contributed by atoms with E-state index in [4.69, 9.17) is 0 Å². The fraction of sp³-hybridized carbons (Fsp3) is 0.154. The van der Waals surface area contributed by atoms with Gasteiger partial charge in [0.15, 0.2) is 0 Å². The fourth-order valence-electron chi connectivity index (χ4n) is 2.06. The number of nitrogens with zero attached hydrogens (tertiary/aromatic N) is 3. The maximum Gasteiger partial charge on any atom is 0.275 e. The summed E-state index contributed by atoms with van der Waals surface area (Å²) in [6.45, 7) is 1.84. The lowest BCUT2D eigenvalue weighted by atomic mass is 10.2. The molecule has 0 atom stereocenters. The predicted octanol–water partition coefficient (Wildman–Crippen LogP) is 1.63. The summed E-state index contributed by atoms with van der Waals surface area (Å²) in [4.78, 5) is 16.3. The Morgan fingerprint density at radius 3 is 2.83 bits per heavy atom. The molecule has 0 aliphatic heterocycles. The number of nitrogens with one attached hydrogen (secondary N) is 1. The number of para-hydroxylation sites is 2. The molecule has 0 amide bonds. The van der Waals surface area contributed by atoms with E-state index < -0.39 is 0 Å². The number of hydrogen-bond donors (Lipinski definition) is 1. The largest absolute Gasteiger partial charge is 0.327 e. The summed E-state index contributed by atoms with van der Waals surface area (Å²) in [5.41, 5.74) is 2.96. The first kappa shape index (κ1) is 10.7. The van der Waals surface area contributed by atoms with Crippen molar-refractivity contribution in [3.63, 3.8) is 0 Å². The van der Waals surface area contributed by atoms with E-state index in [9.17, 15) is 4.79 Å². The van der Waals surface area contributed by atoms with Gasteiger partial charge in [0.05, 0.1) is 22.3 Å². The highest BCUT2D eigenvalue weighted by atomic mass is 16.1. The van der Waals surface area contributed by atoms with Crippen molar-refractivity contribution < 1.29 is 0 Å². The fourth-order valence-corrected chi connectivity index (χ4v) is 2.06. The van der Waals surface area contributed by atoms with Gasteiger partial charge in [0, 0.05) is 7.05 Å². The Morgan fingerprint density at radius 2 is 2.06 bits per heavy atom. The summed E-state index contributed by atoms with van der Waals surface area (Å²) in [5, 5.41) is 6.35. The molecular formula is C13H12N4O. The number of aromatic nitrogens is 4. The van der Waals surface area contributed by atoms with Crippen molar-refractivity contribution in [1.29, 1.82) is 0 Å². The second-order valence-electron chi connectivity index (χ2n) is 4.24. The minimum absolute atomic E-state index is 0.223. The number of aryl methyl sites for hydroxylation is 2. The summed E-state index contributed by atoms with van der Waals surface area (Å²) in [5.74, 6) is 0.656. The average molecular weight is 240 g/mol. The van der Waals surface area contributed by atoms with Crippen molar-refractivity contribution in [3.05, 3.63) is 46.4 Å². The standard InChI is InChI=1S/C13H12N4O/c1-8-7-9(13(18)16-15-8)12-14-10-5-3-4-6-11(10)17(12)2/h3-7H,1-2H3,(H,16,18). The molecule has 0 radical (unpaired) electrons. The van der Waals surface area contributed by atoms with Gasteiger partial charge in [-0.15, -0.1) is 0 Å². The summed E-state index contributed by atoms with van der Waals surface area (Å²) in [6.07, 6.45) is 0. The van der Waals surface area contributed by atoms with Crippen LogP contribution in [0.25, 0.3) is 22.4 Å². The lowest BCUT2D eigenvalue weighted by molar-refractivity contribution is 0.919. The van der Waals surface area contributed by atoms with E-state index in [-0.39, 0.29) is 5.56 Å². The van der Waals surface area contributed by atoms with Crippen LogP contribution in [0.5, 0.6) is 0 Å². The number of fused-ring (bicyclic) bond motifs is 1. The maximum absolute atomic E-state index is 11.8. The van der Waals surface area contributed by atoms with Gasteiger partial charge in [-0.25, -0.2) is 10.1 Å². The van der Waals surface area contributed by atoms with Crippen molar-refractivity contribution in [2.24, 2.45) is 7.05 Å². The smallest absolute Gasteiger partial charge is 0.275 e. The molecule has 0 saturated carbocycles. The van der Waals surface area contributed by atoms with Gasteiger partial charge in [-0.1, -0.05) is 12.1 Å². The van der Waals surface area contributed by atoms with Gasteiger partial charge in [-0.3, -0.25) is 4.79 Å². The molecule has 0 unspecified atom stereocenters. The third kappa shape index (κ3) is 1.52. The Balaban J connectivity index is 2.35. The van der Waals surface area contributed by atoms with Crippen LogP contribution >= 0.6 is 0 Å². The molecule has 0 aliphatic carbocycles. The van der Waals surface area contributed by atoms with E-state index in [1.807, 2.05) is 42.8 Å². The van der Waals surface area contributed by atoms with Crippen molar-refractivity contribution in [1.82, 2.24) is 19.7 Å². The SMILES string of the molecule is Cc1cc(-c2nc3ccccc3n2C)c(=O)[nH]n1. The molecule has 0 bridgehead atoms. The Kier molecular flexibility index (Phi) is 2.26. The van der Waals surface area contributed by atoms with Crippen LogP contribution in [0.1, 0.15) is 5.69 Å². The van der Waals surface area contributed by atoms with Gasteiger partial charge in [0.25, 0.3) is 5.56 Å². The average Bonchev–Trinajstić information content (AvgIpc) is 2.71. The highest BCUT2D eigenvalue weighted by Gasteiger charge is 2.12. The van der Waals surface area contributed by atoms with Crippen LogP contribution in [0.15, 0.2) is 35.1 Å². The lowest BCUT2D eigenvalue weighted by Gasteiger charge is -2.01. The monoisotopic (exact) mass is 240 g/mol. The van der Waals surface area contributed by atoms with Crippen LogP contribution in [0.4, 0.5) is 0 Å². The van der Waals surface area contributed by atoms with Crippen molar-refractivity contribution >= 4 is 11.0 Å². The second kappa shape index (κ2) is 3.80. The summed E-state index contributed by atoms with van der Waals surface area (Å²) in [6, 6.07) is 9.55. The Hall–Kier alpha value is -2.43.